The van der Waals surface area contributed by atoms with Crippen molar-refractivity contribution in [2.24, 2.45) is 0 Å². The van der Waals surface area contributed by atoms with E-state index in [1.807, 2.05) is 31.2 Å². The number of Topliss-reactive ketones (excluding diaryl/α,β-unsaturated/α-hetero) is 1. The molecule has 0 aliphatic carbocycles. The Balaban J connectivity index is 1.64. The number of rotatable bonds is 8. The average Bonchev–Trinajstić information content (AvgIpc) is 2.96. The molecule has 29 heavy (non-hydrogen) atoms. The predicted octanol–water partition coefficient (Wildman–Crippen LogP) is 4.41. The Hall–Kier alpha value is -3.12. The highest BCUT2D eigenvalue weighted by atomic mass is 32.2. The molecular formula is C23H21NO4S. The zero-order chi connectivity index (χ0) is 20.8. The van der Waals surface area contributed by atoms with Gasteiger partial charge in [-0.05, 0) is 48.0 Å². The Kier molecular flexibility index (Phi) is 6.67. The first-order valence-electron chi connectivity index (χ1n) is 9.12. The molecule has 5 nitrogen and oxygen atoms in total. The maximum Gasteiger partial charge on any atom is 0.293 e. The van der Waals surface area contributed by atoms with Crippen LogP contribution in [-0.2, 0) is 16.0 Å². The summed E-state index contributed by atoms with van der Waals surface area (Å²) in [5.41, 5.74) is 2.74. The number of thioether (sulfide) groups is 1. The molecule has 0 N–H and O–H groups in total. The van der Waals surface area contributed by atoms with E-state index in [0.717, 1.165) is 33.4 Å². The summed E-state index contributed by atoms with van der Waals surface area (Å²) in [5.74, 6) is 0.0715. The molecule has 2 amide bonds. The lowest BCUT2D eigenvalue weighted by molar-refractivity contribution is -0.128. The number of hydrogen-bond donors (Lipinski definition) is 0. The number of nitrogens with zero attached hydrogens (tertiary/aromatic N) is 1. The maximum atomic E-state index is 12.6. The molecule has 1 saturated heterocycles. The summed E-state index contributed by atoms with van der Waals surface area (Å²) < 4.78 is 5.42. The van der Waals surface area contributed by atoms with Crippen LogP contribution >= 0.6 is 11.8 Å². The average molecular weight is 407 g/mol. The largest absolute Gasteiger partial charge is 0.490 e. The Morgan fingerprint density at radius 3 is 2.45 bits per heavy atom. The first kappa shape index (κ1) is 20.6. The summed E-state index contributed by atoms with van der Waals surface area (Å²) in [6, 6.07) is 14.8. The lowest BCUT2D eigenvalue weighted by Crippen LogP contribution is -2.34. The number of carbonyl (C=O) groups excluding carboxylic acids is 3. The van der Waals surface area contributed by atoms with Crippen molar-refractivity contribution in [1.82, 2.24) is 4.90 Å². The summed E-state index contributed by atoms with van der Waals surface area (Å²) in [6.45, 7) is 5.76. The Morgan fingerprint density at radius 1 is 1.10 bits per heavy atom. The second-order valence-electron chi connectivity index (χ2n) is 6.64. The Bertz CT molecular complexity index is 961. The van der Waals surface area contributed by atoms with Gasteiger partial charge in [-0.1, -0.05) is 54.6 Å². The molecular weight excluding hydrogens is 386 g/mol. The molecule has 1 aliphatic rings. The van der Waals surface area contributed by atoms with Crippen LogP contribution in [0.4, 0.5) is 4.79 Å². The highest BCUT2D eigenvalue weighted by molar-refractivity contribution is 8.18. The molecule has 3 rings (SSSR count). The van der Waals surface area contributed by atoms with E-state index in [9.17, 15) is 14.4 Å². The minimum Gasteiger partial charge on any atom is -0.490 e. The van der Waals surface area contributed by atoms with Crippen molar-refractivity contribution >= 4 is 34.8 Å². The monoisotopic (exact) mass is 407 g/mol. The summed E-state index contributed by atoms with van der Waals surface area (Å²) in [6.07, 6.45) is 3.49. The highest BCUT2D eigenvalue weighted by Crippen LogP contribution is 2.32. The molecule has 2 aromatic rings. The molecule has 0 radical (unpaired) electrons. The zero-order valence-electron chi connectivity index (χ0n) is 16.1. The SMILES string of the molecule is C=CCOc1ccc(/C=C2\SC(=O)N(CC(=O)Cc3ccc(C)cc3)C2=O)cc1. The molecule has 0 aromatic heterocycles. The molecule has 1 heterocycles. The molecule has 0 atom stereocenters. The number of ketones is 1. The van der Waals surface area contributed by atoms with Crippen molar-refractivity contribution < 1.29 is 19.1 Å². The minimum atomic E-state index is -0.441. The van der Waals surface area contributed by atoms with Crippen LogP contribution < -0.4 is 4.74 Å². The van der Waals surface area contributed by atoms with Gasteiger partial charge in [-0.25, -0.2) is 0 Å². The van der Waals surface area contributed by atoms with Crippen LogP contribution in [0.3, 0.4) is 0 Å². The first-order chi connectivity index (χ1) is 14.0. The van der Waals surface area contributed by atoms with Gasteiger partial charge in [0.05, 0.1) is 11.4 Å². The topological polar surface area (TPSA) is 63.7 Å². The van der Waals surface area contributed by atoms with E-state index in [2.05, 4.69) is 6.58 Å². The Morgan fingerprint density at radius 2 is 1.79 bits per heavy atom. The highest BCUT2D eigenvalue weighted by Gasteiger charge is 2.36. The van der Waals surface area contributed by atoms with Crippen molar-refractivity contribution in [3.8, 4) is 5.75 Å². The molecule has 0 unspecified atom stereocenters. The molecule has 6 heteroatoms. The summed E-state index contributed by atoms with van der Waals surface area (Å²) in [4.78, 5) is 38.5. The van der Waals surface area contributed by atoms with Crippen molar-refractivity contribution in [2.75, 3.05) is 13.2 Å². The summed E-state index contributed by atoms with van der Waals surface area (Å²) in [5, 5.41) is -0.426. The fraction of sp³-hybridized carbons (Fsp3) is 0.174. The van der Waals surface area contributed by atoms with Gasteiger partial charge in [0, 0.05) is 6.42 Å². The van der Waals surface area contributed by atoms with Gasteiger partial charge in [0.15, 0.2) is 5.78 Å². The van der Waals surface area contributed by atoms with Crippen LogP contribution in [0.1, 0.15) is 16.7 Å². The molecule has 0 saturated carbocycles. The van der Waals surface area contributed by atoms with E-state index in [0.29, 0.717) is 17.3 Å². The van der Waals surface area contributed by atoms with Gasteiger partial charge in [-0.2, -0.15) is 0 Å². The van der Waals surface area contributed by atoms with Crippen molar-refractivity contribution in [1.29, 1.82) is 0 Å². The van der Waals surface area contributed by atoms with Crippen molar-refractivity contribution in [3.05, 3.63) is 82.8 Å². The van der Waals surface area contributed by atoms with Gasteiger partial charge in [0.25, 0.3) is 11.1 Å². The number of ether oxygens (including phenoxy) is 1. The van der Waals surface area contributed by atoms with E-state index in [1.165, 1.54) is 0 Å². The van der Waals surface area contributed by atoms with E-state index < -0.39 is 11.1 Å². The van der Waals surface area contributed by atoms with Gasteiger partial charge in [0.1, 0.15) is 12.4 Å². The minimum absolute atomic E-state index is 0.180. The quantitative estimate of drug-likeness (QED) is 0.479. The van der Waals surface area contributed by atoms with Gasteiger partial charge in [0.2, 0.25) is 0 Å². The number of benzene rings is 2. The van der Waals surface area contributed by atoms with Gasteiger partial charge < -0.3 is 4.74 Å². The molecule has 148 valence electrons. The Labute approximate surface area is 174 Å². The van der Waals surface area contributed by atoms with Gasteiger partial charge >= 0.3 is 0 Å². The van der Waals surface area contributed by atoms with Crippen LogP contribution in [0.2, 0.25) is 0 Å². The third-order valence-electron chi connectivity index (χ3n) is 4.28. The van der Waals surface area contributed by atoms with Crippen molar-refractivity contribution in [2.45, 2.75) is 13.3 Å². The van der Waals surface area contributed by atoms with Crippen molar-refractivity contribution in [3.63, 3.8) is 0 Å². The fourth-order valence-corrected chi connectivity index (χ4v) is 3.61. The van der Waals surface area contributed by atoms with E-state index in [1.54, 1.807) is 36.4 Å². The van der Waals surface area contributed by atoms with Gasteiger partial charge in [-0.3, -0.25) is 19.3 Å². The maximum absolute atomic E-state index is 12.6. The number of hydrogen-bond acceptors (Lipinski definition) is 5. The van der Waals surface area contributed by atoms with Crippen LogP contribution in [0, 0.1) is 6.92 Å². The summed E-state index contributed by atoms with van der Waals surface area (Å²) in [7, 11) is 0. The lowest BCUT2D eigenvalue weighted by Gasteiger charge is -2.11. The van der Waals surface area contributed by atoms with E-state index in [4.69, 9.17) is 4.74 Å². The summed E-state index contributed by atoms with van der Waals surface area (Å²) >= 11 is 0.847. The van der Waals surface area contributed by atoms with Crippen LogP contribution in [-0.4, -0.2) is 35.0 Å². The normalized spacial score (nSPS) is 15.1. The second-order valence-corrected chi connectivity index (χ2v) is 7.63. The van der Waals surface area contributed by atoms with Gasteiger partial charge in [-0.15, -0.1) is 0 Å². The first-order valence-corrected chi connectivity index (χ1v) is 9.94. The predicted molar refractivity (Wildman–Crippen MR) is 115 cm³/mol. The molecule has 2 aromatic carbocycles. The standard InChI is InChI=1S/C23H21NO4S/c1-3-12-28-20-10-8-18(9-11-20)14-21-22(26)24(23(27)29-21)15-19(25)13-17-6-4-16(2)5-7-17/h3-11,14H,1,12-13,15H2,2H3/b21-14-. The van der Waals surface area contributed by atoms with E-state index >= 15 is 0 Å². The third-order valence-corrected chi connectivity index (χ3v) is 5.18. The van der Waals surface area contributed by atoms with E-state index in [-0.39, 0.29) is 18.7 Å². The second kappa shape index (κ2) is 9.39. The molecule has 0 bridgehead atoms. The smallest absolute Gasteiger partial charge is 0.293 e. The lowest BCUT2D eigenvalue weighted by atomic mass is 10.1. The van der Waals surface area contributed by atoms with Crippen LogP contribution in [0.5, 0.6) is 5.75 Å². The van der Waals surface area contributed by atoms with Crippen LogP contribution in [0.25, 0.3) is 6.08 Å². The molecule has 1 aliphatic heterocycles. The zero-order valence-corrected chi connectivity index (χ0v) is 16.9. The molecule has 1 fully saturated rings. The number of carbonyl (C=O) groups is 3. The number of imide groups is 1. The number of amides is 2. The third kappa shape index (κ3) is 5.45. The molecule has 0 spiro atoms. The fourth-order valence-electron chi connectivity index (χ4n) is 2.77. The van der Waals surface area contributed by atoms with Crippen LogP contribution in [0.15, 0.2) is 66.1 Å². The number of aryl methyl sites for hydroxylation is 1.